The molecule has 1 saturated heterocycles. The molecule has 1 aliphatic rings. The third-order valence-corrected chi connectivity index (χ3v) is 2.71. The summed E-state index contributed by atoms with van der Waals surface area (Å²) in [6, 6.07) is 3.72. The normalized spacial score (nSPS) is 18.2. The molecule has 0 bridgehead atoms. The Balaban J connectivity index is 1.76. The number of aliphatic hydroxyl groups is 1. The van der Waals surface area contributed by atoms with Crippen molar-refractivity contribution < 1.29 is 9.52 Å². The molecule has 0 saturated carbocycles. The van der Waals surface area contributed by atoms with Crippen molar-refractivity contribution in [1.82, 2.24) is 10.4 Å². The van der Waals surface area contributed by atoms with Crippen LogP contribution in [-0.2, 0) is 13.2 Å². The van der Waals surface area contributed by atoms with Crippen LogP contribution < -0.4 is 5.43 Å². The van der Waals surface area contributed by atoms with Gasteiger partial charge in [-0.05, 0) is 25.0 Å². The summed E-state index contributed by atoms with van der Waals surface area (Å²) in [5.74, 6) is 1.51. The standard InChI is InChI=1S/C11H18N2O2/c14-9-11-5-4-10(15-11)8-12-13-6-2-1-3-7-13/h4-5,12,14H,1-3,6-9H2. The Kier molecular flexibility index (Phi) is 3.77. The molecule has 0 aromatic carbocycles. The van der Waals surface area contributed by atoms with Gasteiger partial charge in [0.25, 0.3) is 0 Å². The zero-order chi connectivity index (χ0) is 10.5. The van der Waals surface area contributed by atoms with Crippen LogP contribution in [-0.4, -0.2) is 23.2 Å². The van der Waals surface area contributed by atoms with E-state index in [0.29, 0.717) is 12.3 Å². The van der Waals surface area contributed by atoms with Crippen molar-refractivity contribution in [2.24, 2.45) is 0 Å². The second kappa shape index (κ2) is 5.30. The molecule has 0 atom stereocenters. The number of nitrogens with zero attached hydrogens (tertiary/aromatic N) is 1. The van der Waals surface area contributed by atoms with Gasteiger partial charge in [0.1, 0.15) is 18.1 Å². The number of hydrazine groups is 1. The molecule has 4 nitrogen and oxygen atoms in total. The maximum absolute atomic E-state index is 8.84. The fraction of sp³-hybridized carbons (Fsp3) is 0.636. The number of nitrogens with one attached hydrogen (secondary N) is 1. The van der Waals surface area contributed by atoms with Crippen LogP contribution >= 0.6 is 0 Å². The average molecular weight is 210 g/mol. The SMILES string of the molecule is OCc1ccc(CNN2CCCCC2)o1. The highest BCUT2D eigenvalue weighted by atomic mass is 16.4. The lowest BCUT2D eigenvalue weighted by Crippen LogP contribution is -2.41. The minimum absolute atomic E-state index is 0.0241. The second-order valence-corrected chi connectivity index (χ2v) is 3.91. The second-order valence-electron chi connectivity index (χ2n) is 3.91. The number of aliphatic hydroxyl groups excluding tert-OH is 1. The zero-order valence-electron chi connectivity index (χ0n) is 8.91. The molecule has 0 aliphatic carbocycles. The first kappa shape index (κ1) is 10.7. The van der Waals surface area contributed by atoms with Crippen molar-refractivity contribution in [2.45, 2.75) is 32.4 Å². The number of hydrogen-bond donors (Lipinski definition) is 2. The minimum atomic E-state index is -0.0241. The molecule has 0 radical (unpaired) electrons. The maximum atomic E-state index is 8.84. The monoisotopic (exact) mass is 210 g/mol. The molecule has 0 amide bonds. The summed E-state index contributed by atoms with van der Waals surface area (Å²) in [5.41, 5.74) is 3.33. The Morgan fingerprint density at radius 2 is 1.93 bits per heavy atom. The quantitative estimate of drug-likeness (QED) is 0.785. The molecule has 1 aromatic rings. The Morgan fingerprint density at radius 3 is 2.60 bits per heavy atom. The molecular formula is C11H18N2O2. The van der Waals surface area contributed by atoms with Gasteiger partial charge in [-0.15, -0.1) is 0 Å². The molecule has 2 rings (SSSR count). The van der Waals surface area contributed by atoms with Gasteiger partial charge in [0.2, 0.25) is 0 Å². The lowest BCUT2D eigenvalue weighted by molar-refractivity contribution is 0.144. The lowest BCUT2D eigenvalue weighted by Gasteiger charge is -2.26. The zero-order valence-corrected chi connectivity index (χ0v) is 8.91. The van der Waals surface area contributed by atoms with Crippen molar-refractivity contribution in [3.63, 3.8) is 0 Å². The molecule has 0 unspecified atom stereocenters. The first-order valence-electron chi connectivity index (χ1n) is 5.55. The molecule has 15 heavy (non-hydrogen) atoms. The summed E-state index contributed by atoms with van der Waals surface area (Å²) in [7, 11) is 0. The number of hydrogen-bond acceptors (Lipinski definition) is 4. The fourth-order valence-corrected chi connectivity index (χ4v) is 1.84. The molecule has 0 spiro atoms. The van der Waals surface area contributed by atoms with Crippen molar-refractivity contribution in [1.29, 1.82) is 0 Å². The average Bonchev–Trinajstić information content (AvgIpc) is 2.76. The molecule has 2 heterocycles. The number of furan rings is 1. The van der Waals surface area contributed by atoms with E-state index in [1.54, 1.807) is 0 Å². The Morgan fingerprint density at radius 1 is 1.20 bits per heavy atom. The van der Waals surface area contributed by atoms with Gasteiger partial charge in [-0.3, -0.25) is 0 Å². The Hall–Kier alpha value is -0.840. The summed E-state index contributed by atoms with van der Waals surface area (Å²) in [6.45, 7) is 2.92. The van der Waals surface area contributed by atoms with E-state index in [0.717, 1.165) is 18.8 Å². The minimum Gasteiger partial charge on any atom is -0.462 e. The van der Waals surface area contributed by atoms with E-state index in [1.807, 2.05) is 12.1 Å². The van der Waals surface area contributed by atoms with E-state index < -0.39 is 0 Å². The van der Waals surface area contributed by atoms with Crippen molar-refractivity contribution in [2.75, 3.05) is 13.1 Å². The van der Waals surface area contributed by atoms with Crippen molar-refractivity contribution in [3.05, 3.63) is 23.7 Å². The van der Waals surface area contributed by atoms with Gasteiger partial charge in [0.15, 0.2) is 0 Å². The topological polar surface area (TPSA) is 48.6 Å². The van der Waals surface area contributed by atoms with Gasteiger partial charge >= 0.3 is 0 Å². The molecule has 1 fully saturated rings. The first-order chi connectivity index (χ1) is 7.38. The first-order valence-corrected chi connectivity index (χ1v) is 5.55. The van der Waals surface area contributed by atoms with Gasteiger partial charge in [-0.1, -0.05) is 6.42 Å². The highest BCUT2D eigenvalue weighted by Crippen LogP contribution is 2.09. The van der Waals surface area contributed by atoms with Crippen LogP contribution in [0.3, 0.4) is 0 Å². The Labute approximate surface area is 89.8 Å². The van der Waals surface area contributed by atoms with Crippen LogP contribution in [0.4, 0.5) is 0 Å². The van der Waals surface area contributed by atoms with Gasteiger partial charge < -0.3 is 9.52 Å². The molecule has 4 heteroatoms. The highest BCUT2D eigenvalue weighted by Gasteiger charge is 2.09. The van der Waals surface area contributed by atoms with E-state index in [2.05, 4.69) is 10.4 Å². The molecule has 1 aliphatic heterocycles. The van der Waals surface area contributed by atoms with Crippen LogP contribution in [0.1, 0.15) is 30.8 Å². The van der Waals surface area contributed by atoms with Crippen LogP contribution in [0.15, 0.2) is 16.5 Å². The predicted molar refractivity (Wildman–Crippen MR) is 56.9 cm³/mol. The molecule has 84 valence electrons. The number of rotatable bonds is 4. The highest BCUT2D eigenvalue weighted by molar-refractivity contribution is 5.05. The largest absolute Gasteiger partial charge is 0.462 e. The fourth-order valence-electron chi connectivity index (χ4n) is 1.84. The van der Waals surface area contributed by atoms with Crippen LogP contribution in [0.5, 0.6) is 0 Å². The van der Waals surface area contributed by atoms with E-state index in [1.165, 1.54) is 19.3 Å². The van der Waals surface area contributed by atoms with Gasteiger partial charge in [-0.2, -0.15) is 0 Å². The molecular weight excluding hydrogens is 192 g/mol. The third kappa shape index (κ3) is 3.06. The van der Waals surface area contributed by atoms with E-state index in [4.69, 9.17) is 9.52 Å². The van der Waals surface area contributed by atoms with Crippen molar-refractivity contribution >= 4 is 0 Å². The van der Waals surface area contributed by atoms with Gasteiger partial charge in [0, 0.05) is 13.1 Å². The van der Waals surface area contributed by atoms with Crippen molar-refractivity contribution in [3.8, 4) is 0 Å². The summed E-state index contributed by atoms with van der Waals surface area (Å²) >= 11 is 0. The van der Waals surface area contributed by atoms with Crippen LogP contribution in [0.2, 0.25) is 0 Å². The maximum Gasteiger partial charge on any atom is 0.129 e. The van der Waals surface area contributed by atoms with Gasteiger partial charge in [-0.25, -0.2) is 10.4 Å². The summed E-state index contributed by atoms with van der Waals surface area (Å²) in [6.07, 6.45) is 3.88. The van der Waals surface area contributed by atoms with E-state index in [9.17, 15) is 0 Å². The van der Waals surface area contributed by atoms with Gasteiger partial charge in [0.05, 0.1) is 6.54 Å². The predicted octanol–water partition coefficient (Wildman–Crippen LogP) is 1.26. The van der Waals surface area contributed by atoms with Crippen LogP contribution in [0, 0.1) is 0 Å². The third-order valence-electron chi connectivity index (χ3n) is 2.71. The summed E-state index contributed by atoms with van der Waals surface area (Å²) < 4.78 is 5.38. The van der Waals surface area contributed by atoms with E-state index in [-0.39, 0.29) is 6.61 Å². The molecule has 1 aromatic heterocycles. The Bertz CT molecular complexity index is 293. The number of piperidine rings is 1. The summed E-state index contributed by atoms with van der Waals surface area (Å²) in [5, 5.41) is 11.1. The summed E-state index contributed by atoms with van der Waals surface area (Å²) in [4.78, 5) is 0. The molecule has 2 N–H and O–H groups in total. The van der Waals surface area contributed by atoms with E-state index >= 15 is 0 Å². The van der Waals surface area contributed by atoms with Crippen LogP contribution in [0.25, 0.3) is 0 Å². The lowest BCUT2D eigenvalue weighted by atomic mass is 10.2. The smallest absolute Gasteiger partial charge is 0.129 e.